The van der Waals surface area contributed by atoms with Crippen molar-refractivity contribution >= 4 is 22.4 Å². The molecule has 0 fully saturated rings. The maximum atomic E-state index is 13.3. The molecule has 0 spiro atoms. The average molecular weight is 427 g/mol. The summed E-state index contributed by atoms with van der Waals surface area (Å²) < 4.78 is 25.9. The molecular weight excluding hydrogens is 409 g/mol. The highest BCUT2D eigenvalue weighted by molar-refractivity contribution is 7.14. The minimum atomic E-state index is -0.463. The minimum absolute atomic E-state index is 0.0147. The van der Waals surface area contributed by atoms with Crippen LogP contribution in [0.25, 0.3) is 11.3 Å². The van der Waals surface area contributed by atoms with Crippen molar-refractivity contribution < 1.29 is 18.4 Å². The third kappa shape index (κ3) is 4.23. The highest BCUT2D eigenvalue weighted by atomic mass is 32.1. The summed E-state index contributed by atoms with van der Waals surface area (Å²) in [5, 5.41) is 13.1. The fraction of sp³-hybridized carbons (Fsp3) is 0.200. The molecule has 0 aliphatic heterocycles. The van der Waals surface area contributed by atoms with E-state index in [2.05, 4.69) is 20.6 Å². The number of carbonyl (C=O) groups excluding carboxylic acids is 1. The van der Waals surface area contributed by atoms with Gasteiger partial charge >= 0.3 is 0 Å². The lowest BCUT2D eigenvalue weighted by molar-refractivity contribution is 0.101. The van der Waals surface area contributed by atoms with Crippen LogP contribution < -0.4 is 10.1 Å². The Morgan fingerprint density at radius 2 is 2.27 bits per heavy atom. The van der Waals surface area contributed by atoms with Crippen molar-refractivity contribution in [2.45, 2.75) is 27.0 Å². The molecule has 0 aliphatic rings. The number of hydrogen-bond donors (Lipinski definition) is 1. The summed E-state index contributed by atoms with van der Waals surface area (Å²) in [6.45, 7) is 4.46. The van der Waals surface area contributed by atoms with Crippen LogP contribution in [0.4, 0.5) is 9.52 Å². The second-order valence-corrected chi connectivity index (χ2v) is 7.25. The van der Waals surface area contributed by atoms with Gasteiger partial charge < -0.3 is 9.26 Å². The Morgan fingerprint density at radius 1 is 1.40 bits per heavy atom. The van der Waals surface area contributed by atoms with Crippen LogP contribution in [0.2, 0.25) is 0 Å². The molecule has 0 aliphatic carbocycles. The van der Waals surface area contributed by atoms with E-state index in [1.54, 1.807) is 29.9 Å². The smallest absolute Gasteiger partial charge is 0.280 e. The van der Waals surface area contributed by atoms with Gasteiger partial charge in [-0.2, -0.15) is 5.10 Å². The third-order valence-electron chi connectivity index (χ3n) is 4.36. The molecule has 154 valence electrons. The standard InChI is InChI=1S/C20H18FN5O3S/c1-3-26-9-13(8-22-26)17-11-30-20(23-17)24-19(27)18-16(12(2)29-25-18)10-28-15-6-4-5-14(21)7-15/h4-9,11H,3,10H2,1-2H3,(H,23,24,27). The number of ether oxygens (including phenoxy) is 1. The molecule has 3 heterocycles. The molecule has 3 aromatic heterocycles. The number of nitrogens with one attached hydrogen (secondary N) is 1. The van der Waals surface area contributed by atoms with Gasteiger partial charge in [0.05, 0.1) is 17.5 Å². The number of anilines is 1. The average Bonchev–Trinajstić information content (AvgIpc) is 3.46. The van der Waals surface area contributed by atoms with Gasteiger partial charge in [-0.1, -0.05) is 11.2 Å². The summed E-state index contributed by atoms with van der Waals surface area (Å²) >= 11 is 1.30. The van der Waals surface area contributed by atoms with Crippen molar-refractivity contribution in [1.82, 2.24) is 19.9 Å². The van der Waals surface area contributed by atoms with Crippen molar-refractivity contribution in [2.75, 3.05) is 5.32 Å². The first-order valence-electron chi connectivity index (χ1n) is 9.16. The molecule has 0 bridgehead atoms. The Hall–Kier alpha value is -3.53. The van der Waals surface area contributed by atoms with E-state index in [-0.39, 0.29) is 12.3 Å². The normalized spacial score (nSPS) is 10.9. The molecule has 0 saturated heterocycles. The van der Waals surface area contributed by atoms with Crippen molar-refractivity contribution in [3.05, 3.63) is 64.9 Å². The molecule has 1 aromatic carbocycles. The second kappa shape index (κ2) is 8.46. The number of benzene rings is 1. The van der Waals surface area contributed by atoms with Crippen LogP contribution in [-0.4, -0.2) is 25.8 Å². The maximum absolute atomic E-state index is 13.3. The first kappa shape index (κ1) is 19.8. The topological polar surface area (TPSA) is 95.1 Å². The van der Waals surface area contributed by atoms with E-state index in [4.69, 9.17) is 9.26 Å². The molecule has 0 atom stereocenters. The van der Waals surface area contributed by atoms with E-state index in [0.29, 0.717) is 22.2 Å². The molecule has 0 radical (unpaired) electrons. The van der Waals surface area contributed by atoms with Crippen molar-refractivity contribution in [3.8, 4) is 17.0 Å². The highest BCUT2D eigenvalue weighted by Gasteiger charge is 2.21. The predicted octanol–water partition coefficient (Wildman–Crippen LogP) is 4.29. The van der Waals surface area contributed by atoms with Crippen LogP contribution in [0.1, 0.15) is 28.7 Å². The molecule has 30 heavy (non-hydrogen) atoms. The SMILES string of the molecule is CCn1cc(-c2csc(NC(=O)c3noc(C)c3COc3cccc(F)c3)n2)cn1. The number of halogens is 1. The zero-order valence-electron chi connectivity index (χ0n) is 16.3. The molecular formula is C20H18FN5O3S. The number of aryl methyl sites for hydroxylation is 2. The Morgan fingerprint density at radius 3 is 3.03 bits per heavy atom. The number of thiazole rings is 1. The van der Waals surface area contributed by atoms with Gasteiger partial charge in [0.1, 0.15) is 23.9 Å². The molecule has 1 N–H and O–H groups in total. The van der Waals surface area contributed by atoms with E-state index in [1.807, 2.05) is 18.5 Å². The lowest BCUT2D eigenvalue weighted by Gasteiger charge is -2.06. The van der Waals surface area contributed by atoms with Gasteiger partial charge in [-0.3, -0.25) is 14.8 Å². The van der Waals surface area contributed by atoms with E-state index < -0.39 is 11.7 Å². The Kier molecular flexibility index (Phi) is 5.57. The van der Waals surface area contributed by atoms with Crippen LogP contribution in [0.5, 0.6) is 5.75 Å². The number of rotatable bonds is 7. The van der Waals surface area contributed by atoms with Gasteiger partial charge in [-0.15, -0.1) is 11.3 Å². The summed E-state index contributed by atoms with van der Waals surface area (Å²) in [6, 6.07) is 5.76. The Bertz CT molecular complexity index is 1180. The molecule has 0 unspecified atom stereocenters. The molecule has 0 saturated carbocycles. The molecule has 4 rings (SSSR count). The van der Waals surface area contributed by atoms with Gasteiger partial charge in [-0.05, 0) is 26.0 Å². The third-order valence-corrected chi connectivity index (χ3v) is 5.11. The Balaban J connectivity index is 1.46. The quantitative estimate of drug-likeness (QED) is 0.473. The predicted molar refractivity (Wildman–Crippen MR) is 109 cm³/mol. The zero-order valence-corrected chi connectivity index (χ0v) is 17.1. The highest BCUT2D eigenvalue weighted by Crippen LogP contribution is 2.26. The number of nitrogens with zero attached hydrogens (tertiary/aromatic N) is 4. The molecule has 10 heteroatoms. The van der Waals surface area contributed by atoms with Gasteiger partial charge in [0.25, 0.3) is 5.91 Å². The summed E-state index contributed by atoms with van der Waals surface area (Å²) in [5.41, 5.74) is 2.17. The van der Waals surface area contributed by atoms with Crippen molar-refractivity contribution in [3.63, 3.8) is 0 Å². The van der Waals surface area contributed by atoms with Gasteiger partial charge in [0, 0.05) is 29.8 Å². The first-order valence-corrected chi connectivity index (χ1v) is 10.0. The molecule has 4 aromatic rings. The fourth-order valence-corrected chi connectivity index (χ4v) is 3.46. The largest absolute Gasteiger partial charge is 0.489 e. The van der Waals surface area contributed by atoms with Gasteiger partial charge in [0.2, 0.25) is 0 Å². The summed E-state index contributed by atoms with van der Waals surface area (Å²) in [7, 11) is 0. The van der Waals surface area contributed by atoms with Gasteiger partial charge in [0.15, 0.2) is 10.8 Å². The van der Waals surface area contributed by atoms with Crippen molar-refractivity contribution in [2.24, 2.45) is 0 Å². The molecule has 1 amide bonds. The number of amides is 1. The lowest BCUT2D eigenvalue weighted by Crippen LogP contribution is -2.15. The zero-order chi connectivity index (χ0) is 21.1. The first-order chi connectivity index (χ1) is 14.5. The number of aromatic nitrogens is 4. The van der Waals surface area contributed by atoms with E-state index in [0.717, 1.165) is 17.8 Å². The van der Waals surface area contributed by atoms with Crippen LogP contribution in [0, 0.1) is 12.7 Å². The monoisotopic (exact) mass is 427 g/mol. The summed E-state index contributed by atoms with van der Waals surface area (Å²) in [6.07, 6.45) is 3.62. The Labute approximate surface area is 175 Å². The number of carbonyl (C=O) groups is 1. The summed E-state index contributed by atoms with van der Waals surface area (Å²) in [4.78, 5) is 17.1. The van der Waals surface area contributed by atoms with E-state index in [1.165, 1.54) is 23.5 Å². The van der Waals surface area contributed by atoms with Crippen LogP contribution in [0.3, 0.4) is 0 Å². The maximum Gasteiger partial charge on any atom is 0.280 e. The van der Waals surface area contributed by atoms with E-state index >= 15 is 0 Å². The van der Waals surface area contributed by atoms with E-state index in [9.17, 15) is 9.18 Å². The second-order valence-electron chi connectivity index (χ2n) is 6.39. The molecule has 8 nitrogen and oxygen atoms in total. The summed E-state index contributed by atoms with van der Waals surface area (Å²) in [5.74, 6) is -0.0751. The fourth-order valence-electron chi connectivity index (χ4n) is 2.74. The lowest BCUT2D eigenvalue weighted by atomic mass is 10.2. The van der Waals surface area contributed by atoms with Crippen molar-refractivity contribution in [1.29, 1.82) is 0 Å². The minimum Gasteiger partial charge on any atom is -0.489 e. The van der Waals surface area contributed by atoms with Gasteiger partial charge in [-0.25, -0.2) is 9.37 Å². The van der Waals surface area contributed by atoms with Crippen LogP contribution in [0.15, 0.2) is 46.6 Å². The van der Waals surface area contributed by atoms with Crippen LogP contribution >= 0.6 is 11.3 Å². The van der Waals surface area contributed by atoms with Crippen LogP contribution in [-0.2, 0) is 13.2 Å². The number of hydrogen-bond acceptors (Lipinski definition) is 7.